The minimum atomic E-state index is 0.250. The summed E-state index contributed by atoms with van der Waals surface area (Å²) >= 11 is 0. The molecule has 2 aromatic heterocycles. The van der Waals surface area contributed by atoms with Crippen molar-refractivity contribution in [1.29, 1.82) is 0 Å². The van der Waals surface area contributed by atoms with Gasteiger partial charge < -0.3 is 5.32 Å². The van der Waals surface area contributed by atoms with Crippen molar-refractivity contribution in [3.63, 3.8) is 0 Å². The number of hydrogen-bond acceptors (Lipinski definition) is 5. The second-order valence-electron chi connectivity index (χ2n) is 4.30. The van der Waals surface area contributed by atoms with E-state index in [1.807, 2.05) is 26.8 Å². The summed E-state index contributed by atoms with van der Waals surface area (Å²) in [5.41, 5.74) is 1.60. The average molecular weight is 245 g/mol. The number of nitrogens with zero attached hydrogens (tertiary/aromatic N) is 3. The number of aryl methyl sites for hydroxylation is 1. The molecule has 0 aromatic carbocycles. The number of carbonyl (C=O) groups is 1. The molecule has 0 aliphatic rings. The van der Waals surface area contributed by atoms with Crippen LogP contribution in [-0.4, -0.2) is 27.4 Å². The molecule has 6 nitrogen and oxygen atoms in total. The molecule has 2 heterocycles. The summed E-state index contributed by atoms with van der Waals surface area (Å²) in [4.78, 5) is 23.2. The van der Waals surface area contributed by atoms with Gasteiger partial charge in [-0.2, -0.15) is 0 Å². The molecule has 6 heteroatoms. The molecule has 1 amide bonds. The van der Waals surface area contributed by atoms with E-state index in [2.05, 4.69) is 25.6 Å². The Morgan fingerprint density at radius 2 is 2.11 bits per heavy atom. The van der Waals surface area contributed by atoms with Crippen LogP contribution in [0.25, 0.3) is 10.9 Å². The second kappa shape index (κ2) is 4.95. The Balaban J connectivity index is 2.58. The maximum absolute atomic E-state index is 10.4. The molecule has 94 valence electrons. The number of carbonyl (C=O) groups excluding carboxylic acids is 1. The lowest BCUT2D eigenvalue weighted by molar-refractivity contribution is -0.105. The van der Waals surface area contributed by atoms with Crippen LogP contribution in [0, 0.1) is 6.92 Å². The van der Waals surface area contributed by atoms with Gasteiger partial charge in [0.25, 0.3) is 0 Å². The van der Waals surface area contributed by atoms with Gasteiger partial charge in [-0.25, -0.2) is 15.0 Å². The van der Waals surface area contributed by atoms with Gasteiger partial charge in [0.05, 0.1) is 0 Å². The van der Waals surface area contributed by atoms with Crippen molar-refractivity contribution in [3.05, 3.63) is 18.0 Å². The topological polar surface area (TPSA) is 79.8 Å². The Hall–Kier alpha value is -2.24. The molecule has 2 N–H and O–H groups in total. The largest absolute Gasteiger partial charge is 0.366 e. The predicted molar refractivity (Wildman–Crippen MR) is 70.5 cm³/mol. The summed E-state index contributed by atoms with van der Waals surface area (Å²) in [6.45, 7) is 5.98. The van der Waals surface area contributed by atoms with Gasteiger partial charge in [0.2, 0.25) is 12.4 Å². The predicted octanol–water partition coefficient (Wildman–Crippen LogP) is 1.72. The van der Waals surface area contributed by atoms with Gasteiger partial charge in [-0.05, 0) is 26.8 Å². The third-order valence-corrected chi connectivity index (χ3v) is 2.31. The van der Waals surface area contributed by atoms with Crippen molar-refractivity contribution in [2.24, 2.45) is 0 Å². The van der Waals surface area contributed by atoms with Gasteiger partial charge in [0, 0.05) is 23.3 Å². The highest BCUT2D eigenvalue weighted by Crippen LogP contribution is 2.21. The molecule has 0 aliphatic carbocycles. The quantitative estimate of drug-likeness (QED) is 0.802. The number of amides is 1. The van der Waals surface area contributed by atoms with E-state index in [1.54, 1.807) is 6.20 Å². The maximum atomic E-state index is 10.4. The zero-order chi connectivity index (χ0) is 13.1. The van der Waals surface area contributed by atoms with Crippen molar-refractivity contribution in [1.82, 2.24) is 15.0 Å². The lowest BCUT2D eigenvalue weighted by atomic mass is 10.2. The van der Waals surface area contributed by atoms with Gasteiger partial charge in [-0.3, -0.25) is 10.1 Å². The summed E-state index contributed by atoms with van der Waals surface area (Å²) in [5.74, 6) is 0.978. The molecule has 2 aromatic rings. The van der Waals surface area contributed by atoms with Gasteiger partial charge in [-0.1, -0.05) is 0 Å². The molecule has 0 aliphatic heterocycles. The van der Waals surface area contributed by atoms with E-state index < -0.39 is 0 Å². The van der Waals surface area contributed by atoms with Crippen LogP contribution in [0.4, 0.5) is 11.8 Å². The Labute approximate surface area is 105 Å². The van der Waals surface area contributed by atoms with E-state index in [1.165, 1.54) is 0 Å². The molecule has 0 atom stereocenters. The number of rotatable bonds is 4. The summed E-state index contributed by atoms with van der Waals surface area (Å²) in [6.07, 6.45) is 2.23. The monoisotopic (exact) mass is 245 g/mol. The Bertz CT molecular complexity index is 582. The van der Waals surface area contributed by atoms with Gasteiger partial charge in [-0.15, -0.1) is 0 Å². The smallest absolute Gasteiger partial charge is 0.229 e. The van der Waals surface area contributed by atoms with Crippen LogP contribution in [0.15, 0.2) is 12.3 Å². The summed E-state index contributed by atoms with van der Waals surface area (Å²) in [6, 6.07) is 2.16. The van der Waals surface area contributed by atoms with Crippen molar-refractivity contribution >= 4 is 29.1 Å². The van der Waals surface area contributed by atoms with E-state index in [0.29, 0.717) is 17.7 Å². The van der Waals surface area contributed by atoms with Crippen LogP contribution < -0.4 is 10.6 Å². The Morgan fingerprint density at radius 1 is 1.33 bits per heavy atom. The number of anilines is 2. The first-order valence-electron chi connectivity index (χ1n) is 5.71. The Kier molecular flexibility index (Phi) is 3.36. The van der Waals surface area contributed by atoms with E-state index >= 15 is 0 Å². The normalized spacial score (nSPS) is 10.7. The molecule has 0 saturated carbocycles. The molecule has 0 fully saturated rings. The molecule has 0 bridgehead atoms. The van der Waals surface area contributed by atoms with E-state index in [-0.39, 0.29) is 12.0 Å². The summed E-state index contributed by atoms with van der Waals surface area (Å²) in [7, 11) is 0. The lowest BCUT2D eigenvalue weighted by Gasteiger charge is -2.12. The third-order valence-electron chi connectivity index (χ3n) is 2.31. The van der Waals surface area contributed by atoms with Gasteiger partial charge >= 0.3 is 0 Å². The van der Waals surface area contributed by atoms with Gasteiger partial charge in [0.1, 0.15) is 5.52 Å². The average Bonchev–Trinajstić information content (AvgIpc) is 2.29. The van der Waals surface area contributed by atoms with Crippen LogP contribution >= 0.6 is 0 Å². The van der Waals surface area contributed by atoms with Crippen molar-refractivity contribution in [2.75, 3.05) is 10.6 Å². The fraction of sp³-hybridized carbons (Fsp3) is 0.333. The zero-order valence-corrected chi connectivity index (χ0v) is 10.6. The molecular formula is C12H15N5O. The number of aromatic nitrogens is 3. The van der Waals surface area contributed by atoms with E-state index in [4.69, 9.17) is 0 Å². The van der Waals surface area contributed by atoms with Crippen molar-refractivity contribution in [2.45, 2.75) is 26.8 Å². The first-order chi connectivity index (χ1) is 8.60. The first-order valence-corrected chi connectivity index (χ1v) is 5.71. The van der Waals surface area contributed by atoms with Crippen LogP contribution in [0.1, 0.15) is 19.5 Å². The van der Waals surface area contributed by atoms with Crippen LogP contribution in [0.3, 0.4) is 0 Å². The third kappa shape index (κ3) is 2.53. The summed E-state index contributed by atoms with van der Waals surface area (Å²) < 4.78 is 0. The number of nitrogens with one attached hydrogen (secondary N) is 2. The molecule has 0 saturated heterocycles. The van der Waals surface area contributed by atoms with Crippen LogP contribution in [0.5, 0.6) is 0 Å². The summed E-state index contributed by atoms with van der Waals surface area (Å²) in [5, 5.41) is 6.57. The molecule has 0 spiro atoms. The van der Waals surface area contributed by atoms with E-state index in [9.17, 15) is 4.79 Å². The number of pyridine rings is 1. The highest BCUT2D eigenvalue weighted by Gasteiger charge is 2.08. The minimum absolute atomic E-state index is 0.250. The fourth-order valence-corrected chi connectivity index (χ4v) is 1.67. The zero-order valence-electron chi connectivity index (χ0n) is 10.6. The highest BCUT2D eigenvalue weighted by molar-refractivity contribution is 5.89. The first kappa shape index (κ1) is 12.2. The standard InChI is InChI=1S/C12H15N5O/c1-7(2)15-11-10-9(4-8(3)16-11)5-13-12(17-10)14-6-18/h4-7H,1-3H3,(H,15,16)(H,13,14,17,18). The minimum Gasteiger partial charge on any atom is -0.366 e. The van der Waals surface area contributed by atoms with Gasteiger partial charge in [0.15, 0.2) is 5.82 Å². The molecule has 0 unspecified atom stereocenters. The van der Waals surface area contributed by atoms with E-state index in [0.717, 1.165) is 11.1 Å². The molecule has 0 radical (unpaired) electrons. The second-order valence-corrected chi connectivity index (χ2v) is 4.30. The molecule has 2 rings (SSSR count). The van der Waals surface area contributed by atoms with Crippen molar-refractivity contribution < 1.29 is 4.79 Å². The molecule has 18 heavy (non-hydrogen) atoms. The van der Waals surface area contributed by atoms with Crippen LogP contribution in [0.2, 0.25) is 0 Å². The Morgan fingerprint density at radius 3 is 2.78 bits per heavy atom. The SMILES string of the molecule is Cc1cc2cnc(NC=O)nc2c(NC(C)C)n1. The number of hydrogen-bond donors (Lipinski definition) is 2. The number of fused-ring (bicyclic) bond motifs is 1. The lowest BCUT2D eigenvalue weighted by Crippen LogP contribution is -2.12. The van der Waals surface area contributed by atoms with Crippen LogP contribution in [-0.2, 0) is 4.79 Å². The maximum Gasteiger partial charge on any atom is 0.229 e. The fourth-order valence-electron chi connectivity index (χ4n) is 1.67. The highest BCUT2D eigenvalue weighted by atomic mass is 16.1. The molecular weight excluding hydrogens is 230 g/mol. The van der Waals surface area contributed by atoms with Crippen molar-refractivity contribution in [3.8, 4) is 0 Å².